The molecule has 0 aliphatic heterocycles. The Labute approximate surface area is 173 Å². The Morgan fingerprint density at radius 1 is 1.03 bits per heavy atom. The van der Waals surface area contributed by atoms with Gasteiger partial charge in [-0.1, -0.05) is 24.3 Å². The lowest BCUT2D eigenvalue weighted by atomic mass is 9.98. The van der Waals surface area contributed by atoms with E-state index in [0.717, 1.165) is 28.8 Å². The van der Waals surface area contributed by atoms with Gasteiger partial charge in [0.2, 0.25) is 0 Å². The van der Waals surface area contributed by atoms with Gasteiger partial charge < -0.3 is 19.7 Å². The second kappa shape index (κ2) is 8.95. The number of benzene rings is 2. The fraction of sp³-hybridized carbons (Fsp3) is 0.409. The summed E-state index contributed by atoms with van der Waals surface area (Å²) in [7, 11) is 0. The lowest BCUT2D eigenvalue weighted by molar-refractivity contribution is -0.274. The van der Waals surface area contributed by atoms with Crippen LogP contribution in [0.2, 0.25) is 0 Å². The number of carboxylic acid groups (broad SMARTS) is 1. The number of aliphatic carboxylic acids is 1. The molecule has 0 aliphatic carbocycles. The number of ether oxygens (including phenoxy) is 2. The molecule has 0 spiro atoms. The van der Waals surface area contributed by atoms with Gasteiger partial charge in [0, 0.05) is 0 Å². The fourth-order valence-electron chi connectivity index (χ4n) is 3.01. The molecule has 30 heavy (non-hydrogen) atoms. The van der Waals surface area contributed by atoms with Crippen molar-refractivity contribution < 1.29 is 37.7 Å². The zero-order valence-electron chi connectivity index (χ0n) is 17.2. The van der Waals surface area contributed by atoms with E-state index in [1.165, 1.54) is 26.0 Å². The van der Waals surface area contributed by atoms with Gasteiger partial charge in [-0.25, -0.2) is 4.79 Å². The molecule has 0 saturated carbocycles. The molecule has 2 aromatic rings. The van der Waals surface area contributed by atoms with Crippen LogP contribution in [0.25, 0.3) is 0 Å². The topological polar surface area (TPSA) is 76.0 Å². The SMILES string of the molecule is Cc1cc(CCC(O)c2ccc(OC(F)(F)F)cc2)cc(C)c1OC(C)(C)C(=O)O. The molecule has 0 amide bonds. The van der Waals surface area contributed by atoms with Gasteiger partial charge >= 0.3 is 12.3 Å². The minimum Gasteiger partial charge on any atom is -0.478 e. The lowest BCUT2D eigenvalue weighted by Crippen LogP contribution is -2.38. The van der Waals surface area contributed by atoms with Crippen molar-refractivity contribution >= 4 is 5.97 Å². The van der Waals surface area contributed by atoms with E-state index in [4.69, 9.17) is 4.74 Å². The lowest BCUT2D eigenvalue weighted by Gasteiger charge is -2.24. The van der Waals surface area contributed by atoms with Gasteiger partial charge in [-0.3, -0.25) is 0 Å². The number of hydrogen-bond donors (Lipinski definition) is 2. The van der Waals surface area contributed by atoms with E-state index in [1.807, 2.05) is 26.0 Å². The highest BCUT2D eigenvalue weighted by Crippen LogP contribution is 2.30. The van der Waals surface area contributed by atoms with E-state index in [2.05, 4.69) is 4.74 Å². The summed E-state index contributed by atoms with van der Waals surface area (Å²) in [6.07, 6.45) is -4.73. The average molecular weight is 426 g/mol. The number of carboxylic acids is 1. The average Bonchev–Trinajstić information content (AvgIpc) is 2.62. The van der Waals surface area contributed by atoms with Crippen molar-refractivity contribution in [2.24, 2.45) is 0 Å². The molecule has 5 nitrogen and oxygen atoms in total. The highest BCUT2D eigenvalue weighted by Gasteiger charge is 2.31. The number of aryl methyl sites for hydroxylation is 3. The van der Waals surface area contributed by atoms with Crippen LogP contribution in [-0.4, -0.2) is 28.1 Å². The van der Waals surface area contributed by atoms with E-state index in [9.17, 15) is 28.2 Å². The zero-order chi connectivity index (χ0) is 22.7. The normalized spacial score (nSPS) is 13.1. The van der Waals surface area contributed by atoms with E-state index >= 15 is 0 Å². The third-order valence-electron chi connectivity index (χ3n) is 4.60. The van der Waals surface area contributed by atoms with Crippen LogP contribution in [-0.2, 0) is 11.2 Å². The molecule has 2 aromatic carbocycles. The largest absolute Gasteiger partial charge is 0.573 e. The highest BCUT2D eigenvalue weighted by molar-refractivity contribution is 5.77. The van der Waals surface area contributed by atoms with Gasteiger partial charge in [0.25, 0.3) is 0 Å². The molecular weight excluding hydrogens is 401 g/mol. The summed E-state index contributed by atoms with van der Waals surface area (Å²) in [6.45, 7) is 6.59. The van der Waals surface area contributed by atoms with Crippen LogP contribution in [0.4, 0.5) is 13.2 Å². The van der Waals surface area contributed by atoms with Gasteiger partial charge in [0.1, 0.15) is 11.5 Å². The Balaban J connectivity index is 2.04. The Morgan fingerprint density at radius 2 is 1.57 bits per heavy atom. The van der Waals surface area contributed by atoms with Crippen LogP contribution in [0.5, 0.6) is 11.5 Å². The summed E-state index contributed by atoms with van der Waals surface area (Å²) >= 11 is 0. The van der Waals surface area contributed by atoms with E-state index in [1.54, 1.807) is 0 Å². The smallest absolute Gasteiger partial charge is 0.478 e. The van der Waals surface area contributed by atoms with Crippen molar-refractivity contribution in [1.29, 1.82) is 0 Å². The maximum Gasteiger partial charge on any atom is 0.573 e. The molecule has 1 atom stereocenters. The maximum atomic E-state index is 12.2. The minimum atomic E-state index is -4.76. The molecular formula is C22H25F3O5. The number of carbonyl (C=O) groups is 1. The number of aliphatic hydroxyl groups is 1. The molecule has 0 aliphatic rings. The second-order valence-corrected chi connectivity index (χ2v) is 7.65. The monoisotopic (exact) mass is 426 g/mol. The number of halogens is 3. The number of alkyl halides is 3. The van der Waals surface area contributed by atoms with Gasteiger partial charge in [-0.15, -0.1) is 13.2 Å². The number of hydrogen-bond acceptors (Lipinski definition) is 4. The Hall–Kier alpha value is -2.74. The molecule has 2 N–H and O–H groups in total. The summed E-state index contributed by atoms with van der Waals surface area (Å²) in [5.41, 5.74) is 1.61. The van der Waals surface area contributed by atoms with Crippen LogP contribution < -0.4 is 9.47 Å². The van der Waals surface area contributed by atoms with Crippen molar-refractivity contribution in [3.63, 3.8) is 0 Å². The highest BCUT2D eigenvalue weighted by atomic mass is 19.4. The van der Waals surface area contributed by atoms with Gasteiger partial charge in [-0.05, 0) is 74.9 Å². The van der Waals surface area contributed by atoms with Crippen LogP contribution in [0.3, 0.4) is 0 Å². The van der Waals surface area contributed by atoms with Crippen LogP contribution in [0, 0.1) is 13.8 Å². The third kappa shape index (κ3) is 6.38. The van der Waals surface area contributed by atoms with E-state index < -0.39 is 24.0 Å². The Bertz CT molecular complexity index is 866. The van der Waals surface area contributed by atoms with Crippen molar-refractivity contribution in [1.82, 2.24) is 0 Å². The van der Waals surface area contributed by atoms with Gasteiger partial charge in [0.15, 0.2) is 5.60 Å². The molecule has 0 heterocycles. The zero-order valence-corrected chi connectivity index (χ0v) is 17.2. The number of aliphatic hydroxyl groups excluding tert-OH is 1. The molecule has 0 aromatic heterocycles. The minimum absolute atomic E-state index is 0.343. The van der Waals surface area contributed by atoms with Gasteiger partial charge in [0.05, 0.1) is 6.10 Å². The Kier molecular flexibility index (Phi) is 7.02. The van der Waals surface area contributed by atoms with Crippen LogP contribution in [0.15, 0.2) is 36.4 Å². The van der Waals surface area contributed by atoms with Crippen molar-refractivity contribution in [3.05, 3.63) is 58.7 Å². The summed E-state index contributed by atoms with van der Waals surface area (Å²) < 4.78 is 46.2. The predicted molar refractivity (Wildman–Crippen MR) is 105 cm³/mol. The summed E-state index contributed by atoms with van der Waals surface area (Å²) in [5.74, 6) is -0.906. The van der Waals surface area contributed by atoms with Gasteiger partial charge in [-0.2, -0.15) is 0 Å². The van der Waals surface area contributed by atoms with E-state index in [0.29, 0.717) is 24.2 Å². The summed E-state index contributed by atoms with van der Waals surface area (Å²) in [5, 5.41) is 19.6. The molecule has 0 fully saturated rings. The van der Waals surface area contributed by atoms with Crippen molar-refractivity contribution in [2.45, 2.75) is 58.6 Å². The third-order valence-corrected chi connectivity index (χ3v) is 4.60. The standard InChI is InChI=1S/C22H25F3O5/c1-13-11-15(12-14(2)19(13)30-21(3,4)20(27)28)5-10-18(26)16-6-8-17(9-7-16)29-22(23,24)25/h6-9,11-12,18,26H,5,10H2,1-4H3,(H,27,28). The fourth-order valence-corrected chi connectivity index (χ4v) is 3.01. The molecule has 164 valence electrons. The molecule has 0 bridgehead atoms. The van der Waals surface area contributed by atoms with Crippen LogP contribution >= 0.6 is 0 Å². The van der Waals surface area contributed by atoms with Crippen LogP contribution in [0.1, 0.15) is 48.6 Å². The summed E-state index contributed by atoms with van der Waals surface area (Å²) in [6, 6.07) is 8.86. The van der Waals surface area contributed by atoms with Crippen molar-refractivity contribution in [2.75, 3.05) is 0 Å². The number of rotatable bonds is 8. The Morgan fingerprint density at radius 3 is 2.03 bits per heavy atom. The molecule has 0 radical (unpaired) electrons. The predicted octanol–water partition coefficient (Wildman–Crippen LogP) is 5.11. The second-order valence-electron chi connectivity index (χ2n) is 7.65. The first-order chi connectivity index (χ1) is 13.8. The maximum absolute atomic E-state index is 12.2. The van der Waals surface area contributed by atoms with Crippen molar-refractivity contribution in [3.8, 4) is 11.5 Å². The molecule has 1 unspecified atom stereocenters. The quantitative estimate of drug-likeness (QED) is 0.614. The molecule has 2 rings (SSSR count). The summed E-state index contributed by atoms with van der Waals surface area (Å²) in [4.78, 5) is 11.3. The van der Waals surface area contributed by atoms with E-state index in [-0.39, 0.29) is 5.75 Å². The first-order valence-corrected chi connectivity index (χ1v) is 9.35. The molecule has 8 heteroatoms. The first kappa shape index (κ1) is 23.5. The molecule has 0 saturated heterocycles. The first-order valence-electron chi connectivity index (χ1n) is 9.35.